The van der Waals surface area contributed by atoms with Crippen LogP contribution in [0, 0.1) is 0 Å². The smallest absolute Gasteiger partial charge is 0.337 e. The highest BCUT2D eigenvalue weighted by molar-refractivity contribution is 9.10. The molecule has 0 saturated heterocycles. The predicted octanol–water partition coefficient (Wildman–Crippen LogP) is 3.05. The van der Waals surface area contributed by atoms with Gasteiger partial charge in [0.2, 0.25) is 0 Å². The van der Waals surface area contributed by atoms with E-state index in [1.807, 2.05) is 6.92 Å². The van der Waals surface area contributed by atoms with Gasteiger partial charge in [-0.3, -0.25) is 0 Å². The Hall–Kier alpha value is -2.22. The molecule has 0 aliphatic carbocycles. The Morgan fingerprint density at radius 3 is 2.52 bits per heavy atom. The number of carbonyl (C=O) groups excluding carboxylic acids is 2. The first-order valence-electron chi connectivity index (χ1n) is 7.77. The van der Waals surface area contributed by atoms with Gasteiger partial charge in [0.05, 0.1) is 37.4 Å². The van der Waals surface area contributed by atoms with Crippen LogP contribution in [-0.2, 0) is 9.53 Å². The fraction of sp³-hybridized carbons (Fsp3) is 0.412. The Labute approximate surface area is 154 Å². The van der Waals surface area contributed by atoms with E-state index in [0.29, 0.717) is 39.2 Å². The molecule has 1 aliphatic heterocycles. The molecule has 0 spiro atoms. The Kier molecular flexibility index (Phi) is 6.30. The molecule has 1 unspecified atom stereocenters. The van der Waals surface area contributed by atoms with E-state index in [-0.39, 0.29) is 6.03 Å². The van der Waals surface area contributed by atoms with Gasteiger partial charge in [-0.2, -0.15) is 0 Å². The molecule has 1 heterocycles. The van der Waals surface area contributed by atoms with E-state index in [4.69, 9.17) is 14.2 Å². The van der Waals surface area contributed by atoms with Gasteiger partial charge in [-0.25, -0.2) is 9.59 Å². The van der Waals surface area contributed by atoms with E-state index in [0.717, 1.165) is 6.42 Å². The SMILES string of the molecule is CCCC1=C(C(=O)OC)C(c2cc(Br)c(OC)c(OC)c2)NC(=O)N1. The lowest BCUT2D eigenvalue weighted by Gasteiger charge is -2.29. The summed E-state index contributed by atoms with van der Waals surface area (Å²) in [6, 6.07) is 2.49. The highest BCUT2D eigenvalue weighted by Crippen LogP contribution is 2.40. The second-order valence-electron chi connectivity index (χ2n) is 5.40. The zero-order valence-corrected chi connectivity index (χ0v) is 16.2. The normalized spacial score (nSPS) is 16.8. The molecule has 0 aromatic heterocycles. The lowest BCUT2D eigenvalue weighted by atomic mass is 9.93. The zero-order chi connectivity index (χ0) is 18.6. The van der Waals surface area contributed by atoms with Crippen LogP contribution < -0.4 is 20.1 Å². The summed E-state index contributed by atoms with van der Waals surface area (Å²) in [6.45, 7) is 1.97. The lowest BCUT2D eigenvalue weighted by Crippen LogP contribution is -2.45. The molecular weight excluding hydrogens is 392 g/mol. The number of halogens is 1. The van der Waals surface area contributed by atoms with Crippen LogP contribution in [0.2, 0.25) is 0 Å². The average Bonchev–Trinajstić information content (AvgIpc) is 2.60. The van der Waals surface area contributed by atoms with Gasteiger partial charge in [0.15, 0.2) is 11.5 Å². The number of methoxy groups -OCH3 is 3. The highest BCUT2D eigenvalue weighted by atomic mass is 79.9. The van der Waals surface area contributed by atoms with Crippen LogP contribution in [-0.4, -0.2) is 33.3 Å². The number of nitrogens with one attached hydrogen (secondary N) is 2. The molecule has 2 amide bonds. The van der Waals surface area contributed by atoms with Crippen LogP contribution >= 0.6 is 15.9 Å². The van der Waals surface area contributed by atoms with Gasteiger partial charge < -0.3 is 24.8 Å². The van der Waals surface area contributed by atoms with Crippen LogP contribution in [0.1, 0.15) is 31.4 Å². The van der Waals surface area contributed by atoms with Crippen LogP contribution in [0.15, 0.2) is 27.9 Å². The number of carbonyl (C=O) groups is 2. The van der Waals surface area contributed by atoms with Crippen molar-refractivity contribution in [3.8, 4) is 11.5 Å². The fourth-order valence-corrected chi connectivity index (χ4v) is 3.39. The maximum atomic E-state index is 12.4. The largest absolute Gasteiger partial charge is 0.493 e. The van der Waals surface area contributed by atoms with E-state index in [1.165, 1.54) is 21.3 Å². The van der Waals surface area contributed by atoms with Gasteiger partial charge in [-0.05, 0) is 40.0 Å². The average molecular weight is 413 g/mol. The zero-order valence-electron chi connectivity index (χ0n) is 14.6. The Bertz CT molecular complexity index is 717. The second kappa shape index (κ2) is 8.24. The first kappa shape index (κ1) is 19.1. The number of esters is 1. The molecule has 2 rings (SSSR count). The van der Waals surface area contributed by atoms with E-state index in [1.54, 1.807) is 12.1 Å². The third-order valence-electron chi connectivity index (χ3n) is 3.85. The molecule has 1 aromatic rings. The van der Waals surface area contributed by atoms with Crippen molar-refractivity contribution in [3.63, 3.8) is 0 Å². The summed E-state index contributed by atoms with van der Waals surface area (Å²) in [5, 5.41) is 5.49. The molecule has 7 nitrogen and oxygen atoms in total. The summed E-state index contributed by atoms with van der Waals surface area (Å²) in [5.74, 6) is 0.525. The van der Waals surface area contributed by atoms with Gasteiger partial charge in [0, 0.05) is 5.70 Å². The molecule has 1 atom stereocenters. The van der Waals surface area contributed by atoms with Crippen molar-refractivity contribution in [2.45, 2.75) is 25.8 Å². The monoisotopic (exact) mass is 412 g/mol. The predicted molar refractivity (Wildman–Crippen MR) is 95.6 cm³/mol. The van der Waals surface area contributed by atoms with Gasteiger partial charge in [0.1, 0.15) is 0 Å². The van der Waals surface area contributed by atoms with Gasteiger partial charge in [-0.15, -0.1) is 0 Å². The van der Waals surface area contributed by atoms with Crippen molar-refractivity contribution >= 4 is 27.9 Å². The number of benzene rings is 1. The van der Waals surface area contributed by atoms with Crippen LogP contribution in [0.5, 0.6) is 11.5 Å². The van der Waals surface area contributed by atoms with Crippen LogP contribution in [0.4, 0.5) is 4.79 Å². The number of amides is 2. The molecule has 0 saturated carbocycles. The van der Waals surface area contributed by atoms with E-state index >= 15 is 0 Å². The number of allylic oxidation sites excluding steroid dienone is 1. The molecule has 0 fully saturated rings. The molecule has 0 radical (unpaired) electrons. The van der Waals surface area contributed by atoms with Gasteiger partial charge >= 0.3 is 12.0 Å². The first-order valence-corrected chi connectivity index (χ1v) is 8.56. The van der Waals surface area contributed by atoms with Crippen molar-refractivity contribution in [2.75, 3.05) is 21.3 Å². The van der Waals surface area contributed by atoms with Crippen molar-refractivity contribution in [2.24, 2.45) is 0 Å². The molecule has 8 heteroatoms. The Morgan fingerprint density at radius 1 is 1.24 bits per heavy atom. The minimum atomic E-state index is -0.654. The molecular formula is C17H21BrN2O5. The minimum absolute atomic E-state index is 0.369. The lowest BCUT2D eigenvalue weighted by molar-refractivity contribution is -0.136. The van der Waals surface area contributed by atoms with Gasteiger partial charge in [0.25, 0.3) is 0 Å². The highest BCUT2D eigenvalue weighted by Gasteiger charge is 2.34. The summed E-state index contributed by atoms with van der Waals surface area (Å²) >= 11 is 3.44. The molecule has 2 N–H and O–H groups in total. The van der Waals surface area contributed by atoms with Crippen LogP contribution in [0.3, 0.4) is 0 Å². The quantitative estimate of drug-likeness (QED) is 0.701. The van der Waals surface area contributed by atoms with Crippen LogP contribution in [0.25, 0.3) is 0 Å². The topological polar surface area (TPSA) is 85.9 Å². The van der Waals surface area contributed by atoms with Gasteiger partial charge in [-0.1, -0.05) is 13.3 Å². The number of rotatable bonds is 6. The maximum Gasteiger partial charge on any atom is 0.337 e. The molecule has 1 aliphatic rings. The third kappa shape index (κ3) is 3.89. The standard InChI is InChI=1S/C17H21BrN2O5/c1-5-6-11-13(16(21)25-4)14(20-17(22)19-11)9-7-10(18)15(24-3)12(8-9)23-2/h7-8,14H,5-6H2,1-4H3,(H2,19,20,22). The summed E-state index contributed by atoms with van der Waals surface area (Å²) < 4.78 is 16.2. The molecule has 0 bridgehead atoms. The first-order chi connectivity index (χ1) is 12.0. The Balaban J connectivity index is 2.61. The summed E-state index contributed by atoms with van der Waals surface area (Å²) in [5.41, 5.74) is 1.62. The number of hydrogen-bond donors (Lipinski definition) is 2. The van der Waals surface area contributed by atoms with E-state index < -0.39 is 12.0 Å². The minimum Gasteiger partial charge on any atom is -0.493 e. The number of hydrogen-bond acceptors (Lipinski definition) is 5. The van der Waals surface area contributed by atoms with E-state index in [9.17, 15) is 9.59 Å². The van der Waals surface area contributed by atoms with Crippen molar-refractivity contribution in [3.05, 3.63) is 33.4 Å². The van der Waals surface area contributed by atoms with Crippen molar-refractivity contribution in [1.82, 2.24) is 10.6 Å². The van der Waals surface area contributed by atoms with Crippen molar-refractivity contribution in [1.29, 1.82) is 0 Å². The van der Waals surface area contributed by atoms with Crippen molar-refractivity contribution < 1.29 is 23.8 Å². The second-order valence-corrected chi connectivity index (χ2v) is 6.26. The Morgan fingerprint density at radius 2 is 1.96 bits per heavy atom. The number of urea groups is 1. The summed E-state index contributed by atoms with van der Waals surface area (Å²) in [7, 11) is 4.37. The molecule has 25 heavy (non-hydrogen) atoms. The number of ether oxygens (including phenoxy) is 3. The molecule has 1 aromatic carbocycles. The fourth-order valence-electron chi connectivity index (χ4n) is 2.77. The molecule has 136 valence electrons. The third-order valence-corrected chi connectivity index (χ3v) is 4.44. The summed E-state index contributed by atoms with van der Waals surface area (Å²) in [4.78, 5) is 24.4. The van der Waals surface area contributed by atoms with E-state index in [2.05, 4.69) is 26.6 Å². The maximum absolute atomic E-state index is 12.4. The summed E-state index contributed by atoms with van der Waals surface area (Å²) in [6.07, 6.45) is 1.33.